The molecule has 0 saturated carbocycles. The molecule has 0 unspecified atom stereocenters. The zero-order valence-corrected chi connectivity index (χ0v) is 35.5. The molecule has 2 spiro atoms. The van der Waals surface area contributed by atoms with Crippen LogP contribution in [0.1, 0.15) is 33.4 Å². The highest BCUT2D eigenvalue weighted by atomic mass is 32.1. The summed E-state index contributed by atoms with van der Waals surface area (Å²) in [5, 5.41) is 8.54. The topological polar surface area (TPSA) is 12.5 Å². The Labute approximate surface area is 359 Å². The molecule has 0 saturated heterocycles. The van der Waals surface area contributed by atoms with Crippen molar-refractivity contribution in [3.63, 3.8) is 0 Å². The number of thiophene rings is 1. The number of fused-ring (bicyclic) bond motifs is 21. The van der Waals surface area contributed by atoms with Crippen LogP contribution >= 0.6 is 11.3 Å². The van der Waals surface area contributed by atoms with E-state index in [-0.39, 0.29) is 0 Å². The van der Waals surface area contributed by atoms with Crippen molar-refractivity contribution in [3.05, 3.63) is 221 Å². The minimum Gasteiger partial charge on any atom is -0.457 e. The molecular weight excluding hydrogens is 775 g/mol. The molecule has 2 nitrogen and oxygen atoms in total. The first-order valence-corrected chi connectivity index (χ1v) is 24.1. The molecule has 61 heavy (non-hydrogen) atoms. The van der Waals surface area contributed by atoms with Crippen molar-refractivity contribution in [3.8, 4) is 33.8 Å². The molecule has 1 aromatic heterocycles. The molecule has 4 aliphatic heterocycles. The molecule has 10 aromatic rings. The maximum atomic E-state index is 6.88. The quantitative estimate of drug-likeness (QED) is 0.153. The first-order chi connectivity index (χ1) is 30.0. The fourth-order valence-corrected chi connectivity index (χ4v) is 18.7. The van der Waals surface area contributed by atoms with E-state index in [1.54, 1.807) is 0 Å². The van der Waals surface area contributed by atoms with Crippen LogP contribution in [-0.4, -0.2) is 8.07 Å². The van der Waals surface area contributed by atoms with Gasteiger partial charge in [0.2, 0.25) is 0 Å². The van der Waals surface area contributed by atoms with E-state index in [0.717, 1.165) is 11.5 Å². The van der Waals surface area contributed by atoms with Gasteiger partial charge >= 0.3 is 0 Å². The number of ether oxygens (including phenoxy) is 1. The predicted molar refractivity (Wildman–Crippen MR) is 257 cm³/mol. The van der Waals surface area contributed by atoms with E-state index >= 15 is 0 Å². The summed E-state index contributed by atoms with van der Waals surface area (Å²) in [6.07, 6.45) is 0. The highest BCUT2D eigenvalue weighted by Crippen LogP contribution is 2.64. The monoisotopic (exact) mass is 811 g/mol. The van der Waals surface area contributed by atoms with Gasteiger partial charge in [-0.3, -0.25) is 0 Å². The fourth-order valence-electron chi connectivity index (χ4n) is 11.9. The first-order valence-electron chi connectivity index (χ1n) is 21.2. The summed E-state index contributed by atoms with van der Waals surface area (Å²) in [5.41, 5.74) is 15.8. The van der Waals surface area contributed by atoms with E-state index in [0.29, 0.717) is 0 Å². The Balaban J connectivity index is 1.12. The molecule has 4 aliphatic rings. The van der Waals surface area contributed by atoms with Crippen LogP contribution in [0.5, 0.6) is 11.5 Å². The summed E-state index contributed by atoms with van der Waals surface area (Å²) < 4.78 is 9.48. The van der Waals surface area contributed by atoms with Crippen LogP contribution in [0, 0.1) is 13.8 Å². The molecule has 14 rings (SSSR count). The molecule has 0 N–H and O–H groups in total. The van der Waals surface area contributed by atoms with E-state index in [1.807, 2.05) is 11.3 Å². The average Bonchev–Trinajstić information content (AvgIpc) is 3.92. The van der Waals surface area contributed by atoms with Crippen LogP contribution in [-0.2, 0) is 5.41 Å². The Morgan fingerprint density at radius 1 is 0.426 bits per heavy atom. The van der Waals surface area contributed by atoms with Crippen molar-refractivity contribution in [1.82, 2.24) is 0 Å². The lowest BCUT2D eigenvalue weighted by Gasteiger charge is -2.49. The second kappa shape index (κ2) is 11.9. The largest absolute Gasteiger partial charge is 0.457 e. The number of aryl methyl sites for hydroxylation is 2. The van der Waals surface area contributed by atoms with E-state index in [4.69, 9.17) is 4.74 Å². The van der Waals surface area contributed by atoms with Crippen molar-refractivity contribution in [2.24, 2.45) is 0 Å². The third-order valence-electron chi connectivity index (χ3n) is 14.2. The van der Waals surface area contributed by atoms with Gasteiger partial charge in [-0.15, -0.1) is 11.3 Å². The zero-order valence-electron chi connectivity index (χ0n) is 33.7. The van der Waals surface area contributed by atoms with Crippen LogP contribution in [0.15, 0.2) is 188 Å². The van der Waals surface area contributed by atoms with Crippen LogP contribution in [0.2, 0.25) is 0 Å². The Bertz CT molecular complexity index is 3460. The van der Waals surface area contributed by atoms with Gasteiger partial charge in [0.15, 0.2) is 8.07 Å². The van der Waals surface area contributed by atoms with Crippen LogP contribution in [0.3, 0.4) is 0 Å². The molecule has 4 heteroatoms. The minimum absolute atomic E-state index is 0.646. The van der Waals surface area contributed by atoms with E-state index in [9.17, 15) is 0 Å². The summed E-state index contributed by atoms with van der Waals surface area (Å²) in [6, 6.07) is 71.8. The number of rotatable bonds is 1. The number of benzene rings is 9. The smallest absolute Gasteiger partial charge is 0.182 e. The van der Waals surface area contributed by atoms with E-state index in [2.05, 4.69) is 207 Å². The summed E-state index contributed by atoms with van der Waals surface area (Å²) in [4.78, 5) is 2.60. The fraction of sp³-hybridized carbons (Fsp3) is 0.0526. The third-order valence-corrected chi connectivity index (χ3v) is 20.3. The van der Waals surface area contributed by atoms with E-state index < -0.39 is 13.5 Å². The van der Waals surface area contributed by atoms with Crippen molar-refractivity contribution in [2.75, 3.05) is 4.90 Å². The van der Waals surface area contributed by atoms with Gasteiger partial charge in [0.1, 0.15) is 11.5 Å². The van der Waals surface area contributed by atoms with Crippen molar-refractivity contribution >= 4 is 77.4 Å². The molecule has 0 fully saturated rings. The average molecular weight is 812 g/mol. The van der Waals surface area contributed by atoms with Crippen molar-refractivity contribution in [2.45, 2.75) is 19.3 Å². The standard InChI is InChI=1S/C57H37NOSSi/c1-34-23-27-49-45(29-34)57(46-30-35(2)24-28-50(46)59-49)43-17-7-8-18-47(43)58(48-33-52-42(32-44(48)57)37-13-3-9-19-51(37)60-52)36-25-26-41-40-16-6-12-22-55(40)61(56(41)31-36)53-20-10-4-14-38(53)39-15-5-11-21-54(39)61/h3-33H,1-2H3. The molecule has 0 amide bonds. The van der Waals surface area contributed by atoms with Gasteiger partial charge < -0.3 is 9.64 Å². The Morgan fingerprint density at radius 2 is 1.00 bits per heavy atom. The summed E-state index contributed by atoms with van der Waals surface area (Å²) in [6.45, 7) is 4.41. The third kappa shape index (κ3) is 4.12. The molecule has 0 bridgehead atoms. The molecule has 9 aromatic carbocycles. The van der Waals surface area contributed by atoms with Gasteiger partial charge in [0.25, 0.3) is 0 Å². The Hall–Kier alpha value is -6.98. The Kier molecular flexibility index (Phi) is 6.57. The minimum atomic E-state index is -2.68. The molecule has 286 valence electrons. The van der Waals surface area contributed by atoms with Crippen LogP contribution in [0.25, 0.3) is 42.4 Å². The predicted octanol–water partition coefficient (Wildman–Crippen LogP) is 12.3. The van der Waals surface area contributed by atoms with Crippen molar-refractivity contribution in [1.29, 1.82) is 0 Å². The lowest BCUT2D eigenvalue weighted by atomic mass is 9.60. The first kappa shape index (κ1) is 33.8. The van der Waals surface area contributed by atoms with Gasteiger partial charge in [0, 0.05) is 37.0 Å². The van der Waals surface area contributed by atoms with Gasteiger partial charge in [-0.05, 0) is 117 Å². The number of hydrogen-bond donors (Lipinski definition) is 0. The molecule has 0 atom stereocenters. The van der Waals surface area contributed by atoms with Crippen LogP contribution in [0.4, 0.5) is 17.1 Å². The summed E-state index contributed by atoms with van der Waals surface area (Å²) >= 11 is 1.89. The second-order valence-electron chi connectivity index (χ2n) is 17.3. The van der Waals surface area contributed by atoms with Crippen LogP contribution < -0.4 is 30.4 Å². The number of hydrogen-bond acceptors (Lipinski definition) is 3. The van der Waals surface area contributed by atoms with Crippen molar-refractivity contribution < 1.29 is 4.74 Å². The van der Waals surface area contributed by atoms with E-state index in [1.165, 1.54) is 114 Å². The summed E-state index contributed by atoms with van der Waals surface area (Å²) in [5.74, 6) is 1.82. The van der Waals surface area contributed by atoms with Gasteiger partial charge in [-0.2, -0.15) is 0 Å². The number of anilines is 3. The number of nitrogens with zero attached hydrogens (tertiary/aromatic N) is 1. The Morgan fingerprint density at radius 3 is 1.67 bits per heavy atom. The maximum absolute atomic E-state index is 6.88. The normalized spacial score (nSPS) is 15.1. The molecular formula is C57H37NOSSi. The molecule has 5 heterocycles. The second-order valence-corrected chi connectivity index (χ2v) is 22.0. The molecule has 0 radical (unpaired) electrons. The maximum Gasteiger partial charge on any atom is 0.182 e. The number of para-hydroxylation sites is 1. The SMILES string of the molecule is Cc1ccc2c(c1)C1(c3cc(C)ccc3O2)c2ccccc2N(c2ccc3c(c2)[Si]2(c4ccccc4-c4ccccc42)c2ccccc2-3)c2cc3sc4ccccc4c3cc21. The summed E-state index contributed by atoms with van der Waals surface area (Å²) in [7, 11) is -2.68. The zero-order chi connectivity index (χ0) is 40.2. The highest BCUT2D eigenvalue weighted by Gasteiger charge is 2.55. The van der Waals surface area contributed by atoms with Gasteiger partial charge in [-0.1, -0.05) is 151 Å². The lowest BCUT2D eigenvalue weighted by molar-refractivity contribution is 0.433. The molecule has 0 aliphatic carbocycles. The lowest BCUT2D eigenvalue weighted by Crippen LogP contribution is -2.70. The highest BCUT2D eigenvalue weighted by molar-refractivity contribution is 7.26. The van der Waals surface area contributed by atoms with Gasteiger partial charge in [-0.25, -0.2) is 0 Å². The van der Waals surface area contributed by atoms with Gasteiger partial charge in [0.05, 0.1) is 16.8 Å².